The van der Waals surface area contributed by atoms with Gasteiger partial charge in [-0.3, -0.25) is 0 Å². The van der Waals surface area contributed by atoms with E-state index in [0.717, 1.165) is 0 Å². The molecule has 1 atom stereocenters. The van der Waals surface area contributed by atoms with Gasteiger partial charge in [0.25, 0.3) is 0 Å². The van der Waals surface area contributed by atoms with Crippen LogP contribution in [-0.4, -0.2) is 36.4 Å². The van der Waals surface area contributed by atoms with E-state index in [-0.39, 0.29) is 0 Å². The summed E-state index contributed by atoms with van der Waals surface area (Å²) in [5.41, 5.74) is 0. The molecule has 0 fully saturated rings. The Bertz CT molecular complexity index is 283. The second-order valence-electron chi connectivity index (χ2n) is 7.59. The van der Waals surface area contributed by atoms with Gasteiger partial charge in [0.05, 0.1) is 0 Å². The first-order chi connectivity index (χ1) is 12.2. The van der Waals surface area contributed by atoms with E-state index < -0.39 is 18.4 Å². The molecule has 150 valence electrons. The molecule has 0 saturated heterocycles. The maximum absolute atomic E-state index is 6.34. The molecule has 25 heavy (non-hydrogen) atoms. The third kappa shape index (κ3) is 11.7. The molecule has 0 aromatic carbocycles. The van der Waals surface area contributed by atoms with Crippen LogP contribution >= 0.6 is 0 Å². The molecule has 3 heteroatoms. The van der Waals surface area contributed by atoms with Gasteiger partial charge in [0.15, 0.2) is 0 Å². The van der Waals surface area contributed by atoms with Crippen LogP contribution in [0.25, 0.3) is 0 Å². The van der Waals surface area contributed by atoms with Crippen molar-refractivity contribution in [3.8, 4) is 0 Å². The number of rotatable bonds is 18. The molecule has 0 bridgehead atoms. The van der Waals surface area contributed by atoms with Crippen molar-refractivity contribution in [2.24, 2.45) is 0 Å². The molecule has 0 rings (SSSR count). The van der Waals surface area contributed by atoms with Crippen LogP contribution in [0.2, 0.25) is 13.3 Å². The Kier molecular flexibility index (Phi) is 18.2. The van der Waals surface area contributed by atoms with E-state index in [1.54, 1.807) is 7.11 Å². The number of hydrogen-bond acceptors (Lipinski definition) is 2. The molecular weight excluding hydrogens is 415 g/mol. The van der Waals surface area contributed by atoms with Crippen LogP contribution in [0.4, 0.5) is 0 Å². The van der Waals surface area contributed by atoms with Gasteiger partial charge in [0, 0.05) is 0 Å². The monoisotopic (exact) mass is 462 g/mol. The van der Waals surface area contributed by atoms with Gasteiger partial charge in [-0.2, -0.15) is 0 Å². The van der Waals surface area contributed by atoms with E-state index in [0.29, 0.717) is 10.9 Å². The summed E-state index contributed by atoms with van der Waals surface area (Å²) >= 11 is -2.38. The van der Waals surface area contributed by atoms with E-state index in [4.69, 9.17) is 9.47 Å². The fourth-order valence-electron chi connectivity index (χ4n) is 3.70. The minimum atomic E-state index is -2.38. The number of allylic oxidation sites excluding steroid dienone is 1. The molecule has 0 N–H and O–H groups in total. The summed E-state index contributed by atoms with van der Waals surface area (Å²) in [6, 6.07) is 0. The predicted octanol–water partition coefficient (Wildman–Crippen LogP) is 7.50. The van der Waals surface area contributed by atoms with Crippen molar-refractivity contribution in [3.63, 3.8) is 0 Å². The summed E-state index contributed by atoms with van der Waals surface area (Å²) in [5.74, 6) is 0. The van der Waals surface area contributed by atoms with Crippen LogP contribution < -0.4 is 0 Å². The van der Waals surface area contributed by atoms with Crippen molar-refractivity contribution in [3.05, 3.63) is 12.2 Å². The van der Waals surface area contributed by atoms with Gasteiger partial charge in [0.2, 0.25) is 0 Å². The molecule has 0 aliphatic heterocycles. The fraction of sp³-hybridized carbons (Fsp3) is 0.909. The molecule has 0 heterocycles. The average Bonchev–Trinajstić information content (AvgIpc) is 2.64. The Hall–Kier alpha value is 0.459. The molecule has 1 unspecified atom stereocenters. The van der Waals surface area contributed by atoms with E-state index in [1.807, 2.05) is 0 Å². The zero-order valence-electron chi connectivity index (χ0n) is 17.9. The molecule has 0 aromatic rings. The van der Waals surface area contributed by atoms with E-state index in [1.165, 1.54) is 77.5 Å². The quantitative estimate of drug-likeness (QED) is 0.0911. The Morgan fingerprint density at radius 3 is 1.72 bits per heavy atom. The second-order valence-corrected chi connectivity index (χ2v) is 21.3. The first kappa shape index (κ1) is 25.5. The summed E-state index contributed by atoms with van der Waals surface area (Å²) in [6.45, 7) is 9.73. The molecule has 0 saturated carbocycles. The standard InChI is InChI=1S/C10H19O2.3C4H9.Sn/c1-3-4-5-6-7-8-9-12-10-11-2;3*1-3-4-2;/h7-9H,3-6,10H2,1-2H3;3*1,3-4H2,2H3;/b8-7-;;;;. The third-order valence-electron chi connectivity index (χ3n) is 5.34. The molecule has 0 aliphatic carbocycles. The van der Waals surface area contributed by atoms with Gasteiger partial charge in [-0.15, -0.1) is 0 Å². The Morgan fingerprint density at radius 1 is 0.760 bits per heavy atom. The van der Waals surface area contributed by atoms with Gasteiger partial charge in [-0.1, -0.05) is 0 Å². The van der Waals surface area contributed by atoms with Gasteiger partial charge >= 0.3 is 163 Å². The minimum absolute atomic E-state index is 0.403. The van der Waals surface area contributed by atoms with Crippen LogP contribution in [0, 0.1) is 0 Å². The normalized spacial score (nSPS) is 13.6. The summed E-state index contributed by atoms with van der Waals surface area (Å²) in [5, 5.41) is 0. The summed E-state index contributed by atoms with van der Waals surface area (Å²) in [7, 11) is 1.75. The van der Waals surface area contributed by atoms with Crippen LogP contribution in [0.15, 0.2) is 12.2 Å². The number of hydrogen-bond donors (Lipinski definition) is 0. The van der Waals surface area contributed by atoms with Crippen LogP contribution in [-0.2, 0) is 9.47 Å². The van der Waals surface area contributed by atoms with Crippen molar-refractivity contribution in [1.29, 1.82) is 0 Å². The van der Waals surface area contributed by atoms with Crippen molar-refractivity contribution in [2.75, 3.05) is 13.9 Å². The van der Waals surface area contributed by atoms with E-state index >= 15 is 0 Å². The predicted molar refractivity (Wildman–Crippen MR) is 115 cm³/mol. The number of ether oxygens (including phenoxy) is 2. The van der Waals surface area contributed by atoms with Crippen LogP contribution in [0.3, 0.4) is 0 Å². The summed E-state index contributed by atoms with van der Waals surface area (Å²) < 4.78 is 16.5. The molecule has 0 radical (unpaired) electrons. The van der Waals surface area contributed by atoms with Crippen molar-refractivity contribution >= 4 is 18.4 Å². The molecule has 0 spiro atoms. The van der Waals surface area contributed by atoms with Crippen molar-refractivity contribution in [2.45, 2.75) is 109 Å². The Morgan fingerprint density at radius 2 is 1.28 bits per heavy atom. The van der Waals surface area contributed by atoms with E-state index in [9.17, 15) is 0 Å². The molecule has 0 aromatic heterocycles. The topological polar surface area (TPSA) is 18.5 Å². The van der Waals surface area contributed by atoms with Crippen LogP contribution in [0.1, 0.15) is 91.9 Å². The van der Waals surface area contributed by atoms with Crippen molar-refractivity contribution < 1.29 is 9.47 Å². The molecule has 2 nitrogen and oxygen atoms in total. The Balaban J connectivity index is 5.25. The van der Waals surface area contributed by atoms with Gasteiger partial charge in [-0.25, -0.2) is 0 Å². The summed E-state index contributed by atoms with van der Waals surface area (Å²) in [6.07, 6.45) is 18.1. The molecular formula is C22H46O2Sn. The van der Waals surface area contributed by atoms with E-state index in [2.05, 4.69) is 39.8 Å². The molecule has 0 amide bonds. The zero-order chi connectivity index (χ0) is 18.8. The van der Waals surface area contributed by atoms with Crippen LogP contribution in [0.5, 0.6) is 0 Å². The van der Waals surface area contributed by atoms with Gasteiger partial charge in [0.1, 0.15) is 0 Å². The average molecular weight is 461 g/mol. The fourth-order valence-corrected chi connectivity index (χ4v) is 20.1. The zero-order valence-corrected chi connectivity index (χ0v) is 20.8. The second kappa shape index (κ2) is 17.9. The summed E-state index contributed by atoms with van der Waals surface area (Å²) in [4.78, 5) is 0. The number of methoxy groups -OCH3 is 1. The maximum atomic E-state index is 6.34. The first-order valence-electron chi connectivity index (χ1n) is 11.0. The van der Waals surface area contributed by atoms with Gasteiger partial charge < -0.3 is 0 Å². The number of unbranched alkanes of at least 4 members (excludes halogenated alkanes) is 6. The first-order valence-corrected chi connectivity index (χ1v) is 18.7. The van der Waals surface area contributed by atoms with Gasteiger partial charge in [-0.05, 0) is 0 Å². The third-order valence-corrected chi connectivity index (χ3v) is 21.4. The van der Waals surface area contributed by atoms with Crippen molar-refractivity contribution in [1.82, 2.24) is 0 Å². The molecule has 0 aliphatic rings. The Labute approximate surface area is 163 Å². The SMILES string of the molecule is CCCCC/C=C\[CH](OCOC)[Sn]([CH2]CCC)([CH2]CCC)[CH2]CCC.